The highest BCUT2D eigenvalue weighted by Crippen LogP contribution is 2.34. The lowest BCUT2D eigenvalue weighted by Gasteiger charge is -2.31. The van der Waals surface area contributed by atoms with E-state index in [1.165, 1.54) is 34.1 Å². The Kier molecular flexibility index (Phi) is 10.2. The van der Waals surface area contributed by atoms with Gasteiger partial charge in [-0.3, -0.25) is 19.3 Å². The number of alkyl halides is 4. The minimum atomic E-state index is -3.21. The fourth-order valence-corrected chi connectivity index (χ4v) is 5.20. The Morgan fingerprint density at radius 3 is 2.60 bits per heavy atom. The van der Waals surface area contributed by atoms with E-state index in [0.717, 1.165) is 30.2 Å². The molecule has 218 valence electrons. The van der Waals surface area contributed by atoms with Gasteiger partial charge in [-0.05, 0) is 43.0 Å². The van der Waals surface area contributed by atoms with Crippen LogP contribution in [0.1, 0.15) is 22.5 Å². The van der Waals surface area contributed by atoms with Crippen molar-refractivity contribution in [3.05, 3.63) is 39.5 Å². The van der Waals surface area contributed by atoms with Crippen LogP contribution >= 0.6 is 22.9 Å². The van der Waals surface area contributed by atoms with Crippen molar-refractivity contribution in [2.45, 2.75) is 31.9 Å². The summed E-state index contributed by atoms with van der Waals surface area (Å²) in [5, 5.41) is 5.17. The van der Waals surface area contributed by atoms with Gasteiger partial charge < -0.3 is 25.0 Å². The highest BCUT2D eigenvalue weighted by molar-refractivity contribution is 7.18. The Labute approximate surface area is 236 Å². The zero-order valence-electron chi connectivity index (χ0n) is 21.1. The average molecular weight is 607 g/mol. The minimum absolute atomic E-state index is 0.0369. The smallest absolute Gasteiger partial charge is 0.387 e. The normalized spacial score (nSPS) is 16.5. The molecular formula is C25H27ClF4N4O5S. The summed E-state index contributed by atoms with van der Waals surface area (Å²) >= 11 is 6.92. The second-order valence-corrected chi connectivity index (χ2v) is 11.0. The average Bonchev–Trinajstić information content (AvgIpc) is 3.60. The first kappa shape index (κ1) is 30.0. The van der Waals surface area contributed by atoms with Gasteiger partial charge in [0.05, 0.1) is 28.1 Å². The van der Waals surface area contributed by atoms with Crippen LogP contribution in [-0.2, 0) is 14.3 Å². The molecule has 1 aromatic heterocycles. The Morgan fingerprint density at radius 2 is 1.98 bits per heavy atom. The number of nitrogens with one attached hydrogen (secondary N) is 2. The van der Waals surface area contributed by atoms with Crippen LogP contribution in [0.4, 0.5) is 28.9 Å². The second-order valence-electron chi connectivity index (χ2n) is 9.27. The van der Waals surface area contributed by atoms with Gasteiger partial charge in [-0.25, -0.2) is 8.78 Å². The van der Waals surface area contributed by atoms with E-state index in [2.05, 4.69) is 15.4 Å². The van der Waals surface area contributed by atoms with Crippen molar-refractivity contribution in [3.63, 3.8) is 0 Å². The number of ether oxygens (including phenoxy) is 2. The summed E-state index contributed by atoms with van der Waals surface area (Å²) < 4.78 is 63.5. The molecule has 4 rings (SSSR count). The second kappa shape index (κ2) is 13.6. The predicted octanol–water partition coefficient (Wildman–Crippen LogP) is 4.08. The van der Waals surface area contributed by atoms with Gasteiger partial charge in [0, 0.05) is 31.4 Å². The standard InChI is InChI=1S/C25H27ClF4N4O5S/c26-20-6-5-19(40-20)24(37)31-10-17(33(12-21(27)28)11-14-1-2-14)23(36)32-15-3-4-16(18(9-15)39-25(29)30)34-7-8-38-13-22(34)35/h3-6,9,14,17,21,25H,1-2,7-8,10-13H2,(H,31,37)(H,32,36)/t17-/m1/s1. The number of carbonyl (C=O) groups excluding carboxylic acids is 3. The van der Waals surface area contributed by atoms with Crippen LogP contribution in [0.15, 0.2) is 30.3 Å². The molecule has 40 heavy (non-hydrogen) atoms. The summed E-state index contributed by atoms with van der Waals surface area (Å²) in [7, 11) is 0. The number of rotatable bonds is 13. The summed E-state index contributed by atoms with van der Waals surface area (Å²) in [6, 6.07) is 5.70. The quantitative estimate of drug-likeness (QED) is 0.334. The Bertz CT molecular complexity index is 1210. The van der Waals surface area contributed by atoms with E-state index in [9.17, 15) is 31.9 Å². The van der Waals surface area contributed by atoms with Crippen molar-refractivity contribution in [3.8, 4) is 5.75 Å². The first-order valence-electron chi connectivity index (χ1n) is 12.4. The Morgan fingerprint density at radius 1 is 1.20 bits per heavy atom. The number of hydrogen-bond donors (Lipinski definition) is 2. The van der Waals surface area contributed by atoms with Crippen LogP contribution in [0, 0.1) is 5.92 Å². The molecule has 0 radical (unpaired) electrons. The molecule has 2 N–H and O–H groups in total. The largest absolute Gasteiger partial charge is 0.433 e. The van der Waals surface area contributed by atoms with E-state index < -0.39 is 43.3 Å². The van der Waals surface area contributed by atoms with Gasteiger partial charge in [0.15, 0.2) is 5.75 Å². The van der Waals surface area contributed by atoms with Crippen LogP contribution in [-0.4, -0.2) is 81.1 Å². The first-order chi connectivity index (χ1) is 19.1. The molecule has 1 aromatic carbocycles. The number of nitrogens with zero attached hydrogens (tertiary/aromatic N) is 2. The molecule has 1 aliphatic carbocycles. The van der Waals surface area contributed by atoms with Crippen molar-refractivity contribution in [2.24, 2.45) is 5.92 Å². The van der Waals surface area contributed by atoms with Crippen molar-refractivity contribution in [2.75, 3.05) is 49.6 Å². The lowest BCUT2D eigenvalue weighted by molar-refractivity contribution is -0.126. The van der Waals surface area contributed by atoms with E-state index in [1.54, 1.807) is 0 Å². The third-order valence-corrected chi connectivity index (χ3v) is 7.51. The minimum Gasteiger partial charge on any atom is -0.433 e. The predicted molar refractivity (Wildman–Crippen MR) is 141 cm³/mol. The van der Waals surface area contributed by atoms with Gasteiger partial charge in [-0.15, -0.1) is 11.3 Å². The number of carbonyl (C=O) groups is 3. The molecule has 1 atom stereocenters. The van der Waals surface area contributed by atoms with E-state index in [4.69, 9.17) is 16.3 Å². The van der Waals surface area contributed by atoms with Crippen LogP contribution in [0.3, 0.4) is 0 Å². The van der Waals surface area contributed by atoms with E-state index in [-0.39, 0.29) is 60.8 Å². The van der Waals surface area contributed by atoms with Gasteiger partial charge in [-0.1, -0.05) is 11.6 Å². The molecule has 0 spiro atoms. The van der Waals surface area contributed by atoms with Crippen molar-refractivity contribution < 1.29 is 41.4 Å². The number of halogens is 5. The zero-order valence-corrected chi connectivity index (χ0v) is 22.7. The lowest BCUT2D eigenvalue weighted by Crippen LogP contribution is -2.52. The first-order valence-corrected chi connectivity index (χ1v) is 13.6. The van der Waals surface area contributed by atoms with Gasteiger partial charge >= 0.3 is 6.61 Å². The summed E-state index contributed by atoms with van der Waals surface area (Å²) in [6.45, 7) is -3.89. The SMILES string of the molecule is O=C(NC[C@H](C(=O)Nc1ccc(N2CCOCC2=O)c(OC(F)F)c1)N(CC(F)F)CC1CC1)c1ccc(Cl)s1. The molecular weight excluding hydrogens is 580 g/mol. The third kappa shape index (κ3) is 8.29. The topological polar surface area (TPSA) is 100 Å². The maximum Gasteiger partial charge on any atom is 0.387 e. The number of benzene rings is 1. The van der Waals surface area contributed by atoms with Crippen LogP contribution in [0.25, 0.3) is 0 Å². The van der Waals surface area contributed by atoms with Gasteiger partial charge in [0.2, 0.25) is 5.91 Å². The van der Waals surface area contributed by atoms with Crippen molar-refractivity contribution in [1.29, 1.82) is 0 Å². The molecule has 15 heteroatoms. The fraction of sp³-hybridized carbons (Fsp3) is 0.480. The fourth-order valence-electron chi connectivity index (χ4n) is 4.24. The van der Waals surface area contributed by atoms with Crippen molar-refractivity contribution in [1.82, 2.24) is 10.2 Å². The van der Waals surface area contributed by atoms with E-state index in [0.29, 0.717) is 4.34 Å². The van der Waals surface area contributed by atoms with Crippen molar-refractivity contribution >= 4 is 52.0 Å². The number of amides is 3. The summed E-state index contributed by atoms with van der Waals surface area (Å²) in [4.78, 5) is 41.1. The van der Waals surface area contributed by atoms with Crippen LogP contribution in [0.2, 0.25) is 4.34 Å². The molecule has 1 saturated carbocycles. The Balaban J connectivity index is 1.55. The maximum absolute atomic E-state index is 13.5. The maximum atomic E-state index is 13.5. The lowest BCUT2D eigenvalue weighted by atomic mass is 10.1. The Hall–Kier alpha value is -2.94. The molecule has 2 aliphatic rings. The highest BCUT2D eigenvalue weighted by atomic mass is 35.5. The number of anilines is 2. The number of thiophene rings is 1. The highest BCUT2D eigenvalue weighted by Gasteiger charge is 2.34. The summed E-state index contributed by atoms with van der Waals surface area (Å²) in [6.07, 6.45) is -1.06. The van der Waals surface area contributed by atoms with Gasteiger partial charge in [0.25, 0.3) is 18.2 Å². The molecule has 1 saturated heterocycles. The van der Waals surface area contributed by atoms with E-state index >= 15 is 0 Å². The molecule has 2 heterocycles. The van der Waals surface area contributed by atoms with Crippen LogP contribution in [0.5, 0.6) is 5.75 Å². The molecule has 2 fully saturated rings. The molecule has 3 amide bonds. The molecule has 2 aromatic rings. The summed E-state index contributed by atoms with van der Waals surface area (Å²) in [5.74, 6) is -1.91. The number of morpholine rings is 1. The third-order valence-electron chi connectivity index (χ3n) is 6.28. The molecule has 1 aliphatic heterocycles. The van der Waals surface area contributed by atoms with Crippen LogP contribution < -0.4 is 20.3 Å². The molecule has 9 nitrogen and oxygen atoms in total. The monoisotopic (exact) mass is 606 g/mol. The number of hydrogen-bond acceptors (Lipinski definition) is 7. The van der Waals surface area contributed by atoms with Gasteiger partial charge in [0.1, 0.15) is 12.6 Å². The zero-order chi connectivity index (χ0) is 28.8. The van der Waals surface area contributed by atoms with E-state index in [1.807, 2.05) is 0 Å². The molecule has 0 unspecified atom stereocenters. The summed E-state index contributed by atoms with van der Waals surface area (Å²) in [5.41, 5.74) is 0.105. The molecule has 0 bridgehead atoms. The van der Waals surface area contributed by atoms with Gasteiger partial charge in [-0.2, -0.15) is 8.78 Å².